The topological polar surface area (TPSA) is 66.3 Å². The molecule has 0 saturated carbocycles. The maximum Gasteiger partial charge on any atom is 0.276 e. The van der Waals surface area contributed by atoms with Crippen LogP contribution in [0.4, 0.5) is 0 Å². The van der Waals surface area contributed by atoms with Gasteiger partial charge in [-0.3, -0.25) is 9.69 Å². The molecule has 0 aliphatic carbocycles. The first-order valence-corrected chi connectivity index (χ1v) is 9.40. The number of piperidine rings is 2. The van der Waals surface area contributed by atoms with Crippen LogP contribution in [-0.2, 0) is 0 Å². The summed E-state index contributed by atoms with van der Waals surface area (Å²) in [5.41, 5.74) is 0.504. The molecule has 2 atom stereocenters. The molecule has 4 heterocycles. The van der Waals surface area contributed by atoms with Crippen LogP contribution in [0.25, 0.3) is 0 Å². The van der Waals surface area contributed by atoms with E-state index >= 15 is 0 Å². The fourth-order valence-corrected chi connectivity index (χ4v) is 4.41. The Balaban J connectivity index is 0.00000121. The Morgan fingerprint density at radius 2 is 1.88 bits per heavy atom. The summed E-state index contributed by atoms with van der Waals surface area (Å²) >= 11 is 0. The minimum atomic E-state index is 0. The normalized spacial score (nSPS) is 27.2. The molecule has 148 valence electrons. The van der Waals surface area contributed by atoms with Crippen LogP contribution in [0.1, 0.15) is 55.6 Å². The highest BCUT2D eigenvalue weighted by molar-refractivity contribution is 5.92. The first-order chi connectivity index (χ1) is 11.7. The Kier molecular flexibility index (Phi) is 7.70. The van der Waals surface area contributed by atoms with Crippen molar-refractivity contribution in [1.29, 1.82) is 0 Å². The van der Waals surface area contributed by atoms with Crippen molar-refractivity contribution in [3.05, 3.63) is 11.9 Å². The number of nitrogens with zero attached hydrogens (tertiary/aromatic N) is 5. The van der Waals surface area contributed by atoms with Gasteiger partial charge in [0, 0.05) is 25.2 Å². The van der Waals surface area contributed by atoms with Gasteiger partial charge in [-0.2, -0.15) is 0 Å². The second-order valence-electron chi connectivity index (χ2n) is 7.52. The third-order valence-electron chi connectivity index (χ3n) is 5.86. The SMILES string of the molecule is CC1CN2CCCCC2CN1C(=O)c1cn(C2CCNCC2)nn1.Cl.Cl. The van der Waals surface area contributed by atoms with Crippen LogP contribution < -0.4 is 5.32 Å². The van der Waals surface area contributed by atoms with Gasteiger partial charge in [-0.25, -0.2) is 4.68 Å². The standard InChI is InChI=1S/C17H28N6O.2ClH/c1-13-10-21-9-3-2-4-15(21)11-22(13)17(24)16-12-23(20-19-16)14-5-7-18-8-6-14;;/h12-15,18H,2-11H2,1H3;2*1H. The molecule has 1 aromatic rings. The molecule has 9 heteroatoms. The number of fused-ring (bicyclic) bond motifs is 1. The number of nitrogens with one attached hydrogen (secondary N) is 1. The third kappa shape index (κ3) is 4.32. The van der Waals surface area contributed by atoms with Crippen LogP contribution in [0.5, 0.6) is 0 Å². The summed E-state index contributed by atoms with van der Waals surface area (Å²) in [6, 6.07) is 1.14. The van der Waals surface area contributed by atoms with Crippen LogP contribution in [0.15, 0.2) is 6.20 Å². The van der Waals surface area contributed by atoms with Crippen molar-refractivity contribution < 1.29 is 4.79 Å². The molecule has 3 aliphatic heterocycles. The van der Waals surface area contributed by atoms with Crippen molar-refractivity contribution in [3.63, 3.8) is 0 Å². The summed E-state index contributed by atoms with van der Waals surface area (Å²) in [7, 11) is 0. The van der Waals surface area contributed by atoms with Gasteiger partial charge in [-0.1, -0.05) is 11.6 Å². The quantitative estimate of drug-likeness (QED) is 0.812. The zero-order valence-electron chi connectivity index (χ0n) is 15.3. The predicted molar refractivity (Wildman–Crippen MR) is 105 cm³/mol. The summed E-state index contributed by atoms with van der Waals surface area (Å²) in [5.74, 6) is 0.0490. The highest BCUT2D eigenvalue weighted by Gasteiger charge is 2.36. The van der Waals surface area contributed by atoms with Crippen molar-refractivity contribution >= 4 is 30.7 Å². The number of aromatic nitrogens is 3. The molecule has 7 nitrogen and oxygen atoms in total. The van der Waals surface area contributed by atoms with E-state index in [1.165, 1.54) is 25.8 Å². The van der Waals surface area contributed by atoms with E-state index in [0.717, 1.165) is 39.0 Å². The lowest BCUT2D eigenvalue weighted by atomic mass is 9.97. The van der Waals surface area contributed by atoms with E-state index in [0.29, 0.717) is 17.8 Å². The Morgan fingerprint density at radius 3 is 2.65 bits per heavy atom. The number of hydrogen-bond donors (Lipinski definition) is 1. The zero-order chi connectivity index (χ0) is 16.5. The van der Waals surface area contributed by atoms with E-state index in [9.17, 15) is 4.79 Å². The maximum absolute atomic E-state index is 13.0. The number of rotatable bonds is 2. The maximum atomic E-state index is 13.0. The van der Waals surface area contributed by atoms with E-state index in [1.54, 1.807) is 0 Å². The van der Waals surface area contributed by atoms with Gasteiger partial charge in [-0.15, -0.1) is 29.9 Å². The molecule has 1 amide bonds. The van der Waals surface area contributed by atoms with E-state index in [-0.39, 0.29) is 36.8 Å². The molecule has 4 rings (SSSR count). The fraction of sp³-hybridized carbons (Fsp3) is 0.824. The number of piperazine rings is 1. The molecule has 0 radical (unpaired) electrons. The minimum Gasteiger partial charge on any atom is -0.332 e. The number of carbonyl (C=O) groups is 1. The lowest BCUT2D eigenvalue weighted by Crippen LogP contribution is -2.60. The van der Waals surface area contributed by atoms with Gasteiger partial charge in [0.25, 0.3) is 5.91 Å². The molecule has 3 aliphatic rings. The smallest absolute Gasteiger partial charge is 0.276 e. The number of amides is 1. The van der Waals surface area contributed by atoms with E-state index in [2.05, 4.69) is 27.5 Å². The first-order valence-electron chi connectivity index (χ1n) is 9.40. The lowest BCUT2D eigenvalue weighted by molar-refractivity contribution is 0.0148. The van der Waals surface area contributed by atoms with Gasteiger partial charge in [0.2, 0.25) is 0 Å². The molecule has 3 fully saturated rings. The minimum absolute atomic E-state index is 0. The van der Waals surface area contributed by atoms with Crippen molar-refractivity contribution in [3.8, 4) is 0 Å². The van der Waals surface area contributed by atoms with Crippen LogP contribution in [0.2, 0.25) is 0 Å². The largest absolute Gasteiger partial charge is 0.332 e. The average Bonchev–Trinajstić information content (AvgIpc) is 3.11. The molecule has 26 heavy (non-hydrogen) atoms. The second kappa shape index (κ2) is 9.35. The fourth-order valence-electron chi connectivity index (χ4n) is 4.41. The van der Waals surface area contributed by atoms with Crippen molar-refractivity contribution in [1.82, 2.24) is 30.1 Å². The highest BCUT2D eigenvalue weighted by atomic mass is 35.5. The molecule has 0 bridgehead atoms. The predicted octanol–water partition coefficient (Wildman–Crippen LogP) is 1.75. The third-order valence-corrected chi connectivity index (χ3v) is 5.86. The Bertz CT molecular complexity index is 592. The van der Waals surface area contributed by atoms with E-state index in [1.807, 2.05) is 15.8 Å². The van der Waals surface area contributed by atoms with Crippen LogP contribution in [0.3, 0.4) is 0 Å². The van der Waals surface area contributed by atoms with E-state index < -0.39 is 0 Å². The summed E-state index contributed by atoms with van der Waals surface area (Å²) in [6.07, 6.45) is 7.74. The summed E-state index contributed by atoms with van der Waals surface area (Å²) in [5, 5.41) is 11.8. The van der Waals surface area contributed by atoms with E-state index in [4.69, 9.17) is 0 Å². The number of carbonyl (C=O) groups excluding carboxylic acids is 1. The molecule has 0 aromatic carbocycles. The number of hydrogen-bond acceptors (Lipinski definition) is 5. The van der Waals surface area contributed by atoms with Crippen molar-refractivity contribution in [2.75, 3.05) is 32.7 Å². The molecular formula is C17H30Cl2N6O. The summed E-state index contributed by atoms with van der Waals surface area (Å²) < 4.78 is 1.90. The zero-order valence-corrected chi connectivity index (χ0v) is 17.0. The first kappa shape index (κ1) is 21.4. The van der Waals surface area contributed by atoms with Gasteiger partial charge in [-0.05, 0) is 52.2 Å². The highest BCUT2D eigenvalue weighted by Crippen LogP contribution is 2.25. The number of halogens is 2. The van der Waals surface area contributed by atoms with Gasteiger partial charge < -0.3 is 10.2 Å². The monoisotopic (exact) mass is 404 g/mol. The van der Waals surface area contributed by atoms with Crippen LogP contribution >= 0.6 is 24.8 Å². The molecular weight excluding hydrogens is 375 g/mol. The molecule has 1 aromatic heterocycles. The Labute approximate surface area is 167 Å². The van der Waals surface area contributed by atoms with Gasteiger partial charge in [0.05, 0.1) is 12.2 Å². The summed E-state index contributed by atoms with van der Waals surface area (Å²) in [6.45, 7) is 7.17. The Hall–Kier alpha value is -0.890. The summed E-state index contributed by atoms with van der Waals surface area (Å²) in [4.78, 5) is 17.5. The van der Waals surface area contributed by atoms with Gasteiger partial charge in [0.15, 0.2) is 5.69 Å². The average molecular weight is 405 g/mol. The van der Waals surface area contributed by atoms with Crippen molar-refractivity contribution in [2.45, 2.75) is 57.2 Å². The van der Waals surface area contributed by atoms with Crippen LogP contribution in [0, 0.1) is 0 Å². The molecule has 2 unspecified atom stereocenters. The van der Waals surface area contributed by atoms with Crippen molar-refractivity contribution in [2.24, 2.45) is 0 Å². The second-order valence-corrected chi connectivity index (χ2v) is 7.52. The van der Waals surface area contributed by atoms with Gasteiger partial charge >= 0.3 is 0 Å². The van der Waals surface area contributed by atoms with Gasteiger partial charge in [0.1, 0.15) is 0 Å². The van der Waals surface area contributed by atoms with Crippen LogP contribution in [-0.4, -0.2) is 75.5 Å². The molecule has 3 saturated heterocycles. The lowest BCUT2D eigenvalue weighted by Gasteiger charge is -2.47. The molecule has 1 N–H and O–H groups in total. The Morgan fingerprint density at radius 1 is 1.12 bits per heavy atom. The molecule has 0 spiro atoms.